The van der Waals surface area contributed by atoms with Gasteiger partial charge in [-0.25, -0.2) is 0 Å². The minimum atomic E-state index is 0.198. The molecule has 0 radical (unpaired) electrons. The zero-order valence-corrected chi connectivity index (χ0v) is 18.9. The van der Waals surface area contributed by atoms with Crippen LogP contribution in [0.25, 0.3) is 0 Å². The first-order chi connectivity index (χ1) is 12.4. The topological polar surface area (TPSA) is 34.1 Å². The first-order valence-electron chi connectivity index (χ1n) is 10.4. The molecule has 0 N–H and O–H groups in total. The van der Waals surface area contributed by atoms with E-state index in [1.807, 2.05) is 0 Å². The summed E-state index contributed by atoms with van der Waals surface area (Å²) in [6.45, 7) is 15.5. The molecule has 0 bridgehead atoms. The number of carbonyl (C=O) groups excluding carboxylic acids is 2. The molecule has 0 aromatic carbocycles. The molecular weight excluding hydrogens is 336 g/mol. The average Bonchev–Trinajstić information content (AvgIpc) is 2.54. The van der Waals surface area contributed by atoms with Crippen molar-refractivity contribution >= 4 is 11.6 Å². The van der Waals surface area contributed by atoms with Crippen molar-refractivity contribution in [2.75, 3.05) is 54.4 Å². The molecule has 0 aromatic heterocycles. The maximum atomic E-state index is 11.6. The number of unbranched alkanes of at least 4 members (excludes halogenated alkanes) is 2. The summed E-state index contributed by atoms with van der Waals surface area (Å²) in [5.41, 5.74) is 1.35. The molecule has 0 atom stereocenters. The van der Waals surface area contributed by atoms with E-state index in [2.05, 4.69) is 41.3 Å². The van der Waals surface area contributed by atoms with Crippen LogP contribution in [0, 0.1) is 0 Å². The Kier molecular flexibility index (Phi) is 11.7. The molecule has 0 saturated heterocycles. The first-order valence-corrected chi connectivity index (χ1v) is 10.4. The van der Waals surface area contributed by atoms with Crippen molar-refractivity contribution < 1.29 is 18.6 Å². The van der Waals surface area contributed by atoms with E-state index in [0.717, 1.165) is 60.8 Å². The highest BCUT2D eigenvalue weighted by Gasteiger charge is 2.19. The van der Waals surface area contributed by atoms with E-state index in [0.29, 0.717) is 24.0 Å². The minimum Gasteiger partial charge on any atom is -0.328 e. The third-order valence-electron chi connectivity index (χ3n) is 5.31. The molecule has 0 aliphatic heterocycles. The van der Waals surface area contributed by atoms with Crippen LogP contribution in [0.2, 0.25) is 0 Å². The molecular formula is C23H44N2O2+2. The number of ketones is 2. The van der Waals surface area contributed by atoms with E-state index in [1.165, 1.54) is 6.42 Å². The average molecular weight is 381 g/mol. The summed E-state index contributed by atoms with van der Waals surface area (Å²) in [6.07, 6.45) is 6.54. The number of Topliss-reactive ketones (excluding diaryl/α,β-unsaturated/α-hetero) is 2. The monoisotopic (exact) mass is 380 g/mol. The Bertz CT molecular complexity index is 472. The van der Waals surface area contributed by atoms with Crippen LogP contribution >= 0.6 is 0 Å². The maximum absolute atomic E-state index is 11.6. The first kappa shape index (κ1) is 25.7. The van der Waals surface area contributed by atoms with Crippen LogP contribution in [0.4, 0.5) is 0 Å². The predicted molar refractivity (Wildman–Crippen MR) is 116 cm³/mol. The summed E-state index contributed by atoms with van der Waals surface area (Å²) in [5, 5.41) is 0. The van der Waals surface area contributed by atoms with Gasteiger partial charge in [0.1, 0.15) is 0 Å². The van der Waals surface area contributed by atoms with Gasteiger partial charge in [0.2, 0.25) is 0 Å². The molecule has 27 heavy (non-hydrogen) atoms. The number of nitrogens with zero attached hydrogens (tertiary/aromatic N) is 2. The number of hydrogen-bond donors (Lipinski definition) is 0. The second-order valence-corrected chi connectivity index (χ2v) is 9.44. The van der Waals surface area contributed by atoms with Crippen molar-refractivity contribution in [1.29, 1.82) is 0 Å². The van der Waals surface area contributed by atoms with Crippen LogP contribution in [0.15, 0.2) is 24.3 Å². The van der Waals surface area contributed by atoms with Gasteiger partial charge in [-0.05, 0) is 50.7 Å². The van der Waals surface area contributed by atoms with Gasteiger partial charge >= 0.3 is 0 Å². The van der Waals surface area contributed by atoms with Crippen LogP contribution in [0.1, 0.15) is 58.8 Å². The van der Waals surface area contributed by atoms with Crippen LogP contribution in [0.5, 0.6) is 0 Å². The highest BCUT2D eigenvalue weighted by Crippen LogP contribution is 2.11. The Morgan fingerprint density at radius 2 is 0.889 bits per heavy atom. The van der Waals surface area contributed by atoms with Crippen molar-refractivity contribution in [3.8, 4) is 0 Å². The normalized spacial score (nSPS) is 12.1. The highest BCUT2D eigenvalue weighted by molar-refractivity contribution is 5.94. The van der Waals surface area contributed by atoms with E-state index >= 15 is 0 Å². The third-order valence-corrected chi connectivity index (χ3v) is 5.31. The van der Waals surface area contributed by atoms with E-state index < -0.39 is 0 Å². The van der Waals surface area contributed by atoms with Gasteiger partial charge in [0.05, 0.1) is 54.4 Å². The number of allylic oxidation sites excluding steroid dienone is 2. The van der Waals surface area contributed by atoms with Gasteiger partial charge in [-0.3, -0.25) is 9.59 Å². The Hall–Kier alpha value is -1.26. The van der Waals surface area contributed by atoms with Gasteiger partial charge in [0, 0.05) is 19.3 Å². The van der Waals surface area contributed by atoms with Crippen molar-refractivity contribution in [3.05, 3.63) is 24.3 Å². The van der Waals surface area contributed by atoms with Crippen LogP contribution in [0.3, 0.4) is 0 Å². The van der Waals surface area contributed by atoms with Crippen molar-refractivity contribution in [3.63, 3.8) is 0 Å². The highest BCUT2D eigenvalue weighted by atomic mass is 16.1. The SMILES string of the molecule is C=C(C)C(=O)CCCC[N+](C)(C)CCC[N+](C)(C)CCCCC(=O)C(=C)C. The third kappa shape index (κ3) is 13.5. The summed E-state index contributed by atoms with van der Waals surface area (Å²) < 4.78 is 2.02. The fourth-order valence-electron chi connectivity index (χ4n) is 3.23. The van der Waals surface area contributed by atoms with Gasteiger partial charge in [-0.2, -0.15) is 0 Å². The standard InChI is InChI=1S/C23H44N2O2/c1-20(2)22(26)14-9-11-16-24(5,6)18-13-19-25(7,8)17-12-10-15-23(27)21(3)4/h1,3,9-19H2,2,4-8H3/q+2. The van der Waals surface area contributed by atoms with E-state index in [4.69, 9.17) is 0 Å². The minimum absolute atomic E-state index is 0.198. The summed E-state index contributed by atoms with van der Waals surface area (Å²) in [4.78, 5) is 23.2. The molecule has 156 valence electrons. The zero-order valence-electron chi connectivity index (χ0n) is 18.9. The van der Waals surface area contributed by atoms with Crippen LogP contribution < -0.4 is 0 Å². The van der Waals surface area contributed by atoms with Gasteiger partial charge in [0.25, 0.3) is 0 Å². The lowest BCUT2D eigenvalue weighted by Crippen LogP contribution is -2.46. The summed E-state index contributed by atoms with van der Waals surface area (Å²) in [6, 6.07) is 0. The molecule has 4 nitrogen and oxygen atoms in total. The quantitative estimate of drug-likeness (QED) is 0.229. The Morgan fingerprint density at radius 3 is 1.19 bits per heavy atom. The smallest absolute Gasteiger partial charge is 0.157 e. The van der Waals surface area contributed by atoms with Gasteiger partial charge in [-0.1, -0.05) is 13.2 Å². The maximum Gasteiger partial charge on any atom is 0.157 e. The largest absolute Gasteiger partial charge is 0.328 e. The molecule has 0 heterocycles. The van der Waals surface area contributed by atoms with E-state index in [1.54, 1.807) is 13.8 Å². The second-order valence-electron chi connectivity index (χ2n) is 9.44. The Morgan fingerprint density at radius 1 is 0.593 bits per heavy atom. The zero-order chi connectivity index (χ0) is 21.1. The van der Waals surface area contributed by atoms with Crippen molar-refractivity contribution in [2.45, 2.75) is 58.8 Å². The van der Waals surface area contributed by atoms with E-state index in [9.17, 15) is 9.59 Å². The van der Waals surface area contributed by atoms with E-state index in [-0.39, 0.29) is 11.6 Å². The summed E-state index contributed by atoms with van der Waals surface area (Å²) >= 11 is 0. The van der Waals surface area contributed by atoms with Gasteiger partial charge in [-0.15, -0.1) is 0 Å². The molecule has 0 aliphatic carbocycles. The number of hydrogen-bond acceptors (Lipinski definition) is 2. The number of rotatable bonds is 16. The molecule has 4 heteroatoms. The second kappa shape index (κ2) is 12.2. The number of carbonyl (C=O) groups is 2. The Labute approximate surface area is 168 Å². The summed E-state index contributed by atoms with van der Waals surface area (Å²) in [7, 11) is 9.13. The molecule has 0 aromatic rings. The Balaban J connectivity index is 3.98. The summed E-state index contributed by atoms with van der Waals surface area (Å²) in [5.74, 6) is 0.397. The fraction of sp³-hybridized carbons (Fsp3) is 0.739. The fourth-order valence-corrected chi connectivity index (χ4v) is 3.23. The molecule has 0 aliphatic rings. The lowest BCUT2D eigenvalue weighted by molar-refractivity contribution is -0.909. The van der Waals surface area contributed by atoms with Crippen LogP contribution in [-0.2, 0) is 9.59 Å². The number of quaternary nitrogens is 2. The van der Waals surface area contributed by atoms with Gasteiger partial charge < -0.3 is 8.97 Å². The molecule has 0 spiro atoms. The lowest BCUT2D eigenvalue weighted by atomic mass is 10.1. The van der Waals surface area contributed by atoms with Gasteiger partial charge in [0.15, 0.2) is 11.6 Å². The van der Waals surface area contributed by atoms with Crippen LogP contribution in [-0.4, -0.2) is 74.9 Å². The van der Waals surface area contributed by atoms with Crippen molar-refractivity contribution in [2.24, 2.45) is 0 Å². The molecule has 0 saturated carbocycles. The molecule has 0 amide bonds. The lowest BCUT2D eigenvalue weighted by Gasteiger charge is -2.33. The predicted octanol–water partition coefficient (Wildman–Crippen LogP) is 4.16. The molecule has 0 rings (SSSR count). The molecule has 0 fully saturated rings. The molecule has 0 unspecified atom stereocenters. The van der Waals surface area contributed by atoms with Crippen molar-refractivity contribution in [1.82, 2.24) is 0 Å².